The smallest absolute Gasteiger partial charge is 0.245 e. The van der Waals surface area contributed by atoms with E-state index >= 15 is 0 Å². The lowest BCUT2D eigenvalue weighted by molar-refractivity contribution is -0.141. The minimum Gasteiger partial charge on any atom is -0.368 e. The summed E-state index contributed by atoms with van der Waals surface area (Å²) in [5, 5.41) is 18.3. The largest absolute Gasteiger partial charge is 0.368 e. The minimum atomic E-state index is -0.680. The van der Waals surface area contributed by atoms with Crippen LogP contribution in [0.15, 0.2) is 36.4 Å². The van der Waals surface area contributed by atoms with E-state index < -0.39 is 36.3 Å². The van der Waals surface area contributed by atoms with E-state index in [1.165, 1.54) is 22.5 Å². The summed E-state index contributed by atoms with van der Waals surface area (Å²) in [5.41, 5.74) is 7.31. The van der Waals surface area contributed by atoms with Crippen molar-refractivity contribution in [3.8, 4) is 0 Å². The molecule has 6 N–H and O–H groups in total. The SMILES string of the molecule is CC[C@H](NC(=O)[C@H](C)NC)C(=O)N1CCCC1C(=O)N[C@@H]1CCCc2c1cccc2N1CCN(c2cccc3c2CCC[C@H]3NC(=O)[C@@H]2CCCN2C(=O)[C@H](CC)NC(=O)[C@H](C)NC)CC1. The van der Waals surface area contributed by atoms with Gasteiger partial charge in [-0.15, -0.1) is 0 Å². The number of carbonyl (C=O) groups excluding carboxylic acids is 6. The Balaban J connectivity index is 0.974. The zero-order valence-corrected chi connectivity index (χ0v) is 40.0. The number of piperazine rings is 1. The average Bonchev–Trinajstić information content (AvgIpc) is 4.05. The summed E-state index contributed by atoms with van der Waals surface area (Å²) in [4.78, 5) is 88.9. The van der Waals surface area contributed by atoms with E-state index in [2.05, 4.69) is 78.1 Å². The van der Waals surface area contributed by atoms with Gasteiger partial charge in [0.1, 0.15) is 24.2 Å². The van der Waals surface area contributed by atoms with Crippen molar-refractivity contribution in [3.63, 3.8) is 0 Å². The number of rotatable bonds is 16. The van der Waals surface area contributed by atoms with Crippen molar-refractivity contribution in [2.45, 2.75) is 153 Å². The molecule has 7 rings (SSSR count). The van der Waals surface area contributed by atoms with Crippen LogP contribution in [0.4, 0.5) is 11.4 Å². The number of hydrogen-bond donors (Lipinski definition) is 6. The average molecular weight is 911 g/mol. The fourth-order valence-electron chi connectivity index (χ4n) is 10.8. The highest BCUT2D eigenvalue weighted by Gasteiger charge is 2.41. The Morgan fingerprint density at radius 1 is 0.561 bits per heavy atom. The number of likely N-dealkylation sites (tertiary alicyclic amines) is 2. The zero-order chi connectivity index (χ0) is 47.1. The van der Waals surface area contributed by atoms with Gasteiger partial charge in [0.15, 0.2) is 0 Å². The Bertz CT molecular complexity index is 1950. The van der Waals surface area contributed by atoms with E-state index in [4.69, 9.17) is 0 Å². The van der Waals surface area contributed by atoms with E-state index in [0.717, 1.165) is 88.7 Å². The quantitative estimate of drug-likeness (QED) is 0.146. The Kier molecular flexibility index (Phi) is 16.3. The standard InChI is InChI=1S/C50H74N10O6/c1-7-37(53-45(61)31(3)51-5)49(65)59-25-13-23-43(59)47(63)55-39-19-9-17-35-33(39)15-11-21-41(35)57-27-29-58(30-28-57)42-22-12-16-34-36(42)18-10-20-40(34)56-48(64)44-24-14-26-60(44)50(66)38(8-2)54-46(62)32(4)52-6/h11-12,15-16,21-22,31-32,37-40,43-44,51-52H,7-10,13-14,17-20,23-30H2,1-6H3,(H,53,61)(H,54,62)(H,55,63)(H,56,64)/t31-,32-,37-,38-,39+,40+,43-,44?/m0/s1. The third-order valence-electron chi connectivity index (χ3n) is 14.9. The first-order chi connectivity index (χ1) is 31.9. The van der Waals surface area contributed by atoms with Crippen LogP contribution in [0.2, 0.25) is 0 Å². The van der Waals surface area contributed by atoms with Crippen molar-refractivity contribution in [2.75, 3.05) is 63.2 Å². The summed E-state index contributed by atoms with van der Waals surface area (Å²) in [5.74, 6) is -1.14. The summed E-state index contributed by atoms with van der Waals surface area (Å²) in [7, 11) is 3.41. The highest BCUT2D eigenvalue weighted by molar-refractivity contribution is 5.94. The number of nitrogens with zero attached hydrogens (tertiary/aromatic N) is 4. The normalized spacial score (nSPS) is 23.5. The lowest BCUT2D eigenvalue weighted by Gasteiger charge is -2.41. The zero-order valence-electron chi connectivity index (χ0n) is 40.0. The van der Waals surface area contributed by atoms with Crippen LogP contribution in [0, 0.1) is 0 Å². The Morgan fingerprint density at radius 3 is 1.32 bits per heavy atom. The number of likely N-dealkylation sites (N-methyl/N-ethyl adjacent to an activating group) is 2. The predicted octanol–water partition coefficient (Wildman–Crippen LogP) is 2.99. The first-order valence-electron chi connectivity index (χ1n) is 24.8. The summed E-state index contributed by atoms with van der Waals surface area (Å²) in [6.07, 6.45) is 9.01. The van der Waals surface area contributed by atoms with Crippen LogP contribution in [0.5, 0.6) is 0 Å². The number of benzene rings is 2. The van der Waals surface area contributed by atoms with E-state index in [1.54, 1.807) is 37.7 Å². The van der Waals surface area contributed by atoms with E-state index in [1.807, 2.05) is 13.8 Å². The molecule has 1 unspecified atom stereocenters. The summed E-state index contributed by atoms with van der Waals surface area (Å²) in [6.45, 7) is 11.6. The van der Waals surface area contributed by atoms with Crippen molar-refractivity contribution in [1.29, 1.82) is 0 Å². The number of anilines is 2. The monoisotopic (exact) mass is 911 g/mol. The fraction of sp³-hybridized carbons (Fsp3) is 0.640. The topological polar surface area (TPSA) is 188 Å². The highest BCUT2D eigenvalue weighted by Crippen LogP contribution is 2.39. The van der Waals surface area contributed by atoms with Gasteiger partial charge in [-0.25, -0.2) is 0 Å². The maximum Gasteiger partial charge on any atom is 0.245 e. The van der Waals surface area contributed by atoms with Gasteiger partial charge in [0.05, 0.1) is 24.2 Å². The molecule has 2 aromatic carbocycles. The number of fused-ring (bicyclic) bond motifs is 2. The van der Waals surface area contributed by atoms with Crippen LogP contribution in [0.1, 0.15) is 126 Å². The molecule has 3 saturated heterocycles. The van der Waals surface area contributed by atoms with Crippen molar-refractivity contribution >= 4 is 46.8 Å². The fourth-order valence-corrected chi connectivity index (χ4v) is 10.8. The second-order valence-electron chi connectivity index (χ2n) is 18.9. The lowest BCUT2D eigenvalue weighted by atomic mass is 9.85. The molecule has 0 bridgehead atoms. The van der Waals surface area contributed by atoms with Crippen molar-refractivity contribution in [3.05, 3.63) is 58.7 Å². The second kappa shape index (κ2) is 22.1. The number of hydrogen-bond acceptors (Lipinski definition) is 10. The van der Waals surface area contributed by atoms with Gasteiger partial charge in [-0.2, -0.15) is 0 Å². The van der Waals surface area contributed by atoms with Crippen LogP contribution < -0.4 is 41.7 Å². The lowest BCUT2D eigenvalue weighted by Crippen LogP contribution is -2.55. The predicted molar refractivity (Wildman–Crippen MR) is 256 cm³/mol. The number of amides is 6. The van der Waals surface area contributed by atoms with E-state index in [9.17, 15) is 28.8 Å². The maximum atomic E-state index is 14.0. The molecule has 360 valence electrons. The van der Waals surface area contributed by atoms with Crippen LogP contribution in [-0.4, -0.2) is 135 Å². The van der Waals surface area contributed by atoms with Gasteiger partial charge in [0, 0.05) is 50.6 Å². The number of carbonyl (C=O) groups is 6. The van der Waals surface area contributed by atoms with E-state index in [0.29, 0.717) is 38.8 Å². The molecule has 2 aromatic rings. The van der Waals surface area contributed by atoms with Crippen LogP contribution in [0.25, 0.3) is 0 Å². The maximum absolute atomic E-state index is 14.0. The molecular formula is C50H74N10O6. The Morgan fingerprint density at radius 2 is 0.955 bits per heavy atom. The molecule has 3 heterocycles. The van der Waals surface area contributed by atoms with Gasteiger partial charge in [-0.1, -0.05) is 38.1 Å². The van der Waals surface area contributed by atoms with Gasteiger partial charge in [-0.3, -0.25) is 28.8 Å². The molecule has 8 atom stereocenters. The van der Waals surface area contributed by atoms with Crippen molar-refractivity contribution < 1.29 is 28.8 Å². The molecule has 66 heavy (non-hydrogen) atoms. The Labute approximate surface area is 391 Å². The molecular weight excluding hydrogens is 837 g/mol. The molecule has 0 saturated carbocycles. The first-order valence-corrected chi connectivity index (χ1v) is 24.8. The highest BCUT2D eigenvalue weighted by atomic mass is 16.2. The second-order valence-corrected chi connectivity index (χ2v) is 18.9. The first kappa shape index (κ1) is 48.7. The summed E-state index contributed by atoms with van der Waals surface area (Å²) < 4.78 is 0. The van der Waals surface area contributed by atoms with Crippen molar-refractivity contribution in [2.24, 2.45) is 0 Å². The van der Waals surface area contributed by atoms with Gasteiger partial charge in [0.2, 0.25) is 35.4 Å². The molecule has 2 aliphatic carbocycles. The molecule has 16 nitrogen and oxygen atoms in total. The molecule has 16 heteroatoms. The molecule has 3 aliphatic heterocycles. The van der Waals surface area contributed by atoms with E-state index in [-0.39, 0.29) is 47.5 Å². The van der Waals surface area contributed by atoms with Crippen LogP contribution in [0.3, 0.4) is 0 Å². The third-order valence-corrected chi connectivity index (χ3v) is 14.9. The molecule has 3 fully saturated rings. The Hall–Kier alpha value is -5.22. The molecule has 0 radical (unpaired) electrons. The minimum absolute atomic E-state index is 0.131. The molecule has 6 amide bonds. The summed E-state index contributed by atoms with van der Waals surface area (Å²) >= 11 is 0. The van der Waals surface area contributed by atoms with Crippen LogP contribution >= 0.6 is 0 Å². The molecule has 0 aromatic heterocycles. The van der Waals surface area contributed by atoms with Gasteiger partial charge >= 0.3 is 0 Å². The third kappa shape index (κ3) is 10.5. The van der Waals surface area contributed by atoms with Gasteiger partial charge < -0.3 is 51.5 Å². The number of nitrogens with one attached hydrogen (secondary N) is 6. The van der Waals surface area contributed by atoms with Crippen molar-refractivity contribution in [1.82, 2.24) is 41.7 Å². The van der Waals surface area contributed by atoms with Gasteiger partial charge in [-0.05, 0) is 139 Å². The van der Waals surface area contributed by atoms with Gasteiger partial charge in [0.25, 0.3) is 0 Å². The molecule has 0 spiro atoms. The molecule has 5 aliphatic rings. The summed E-state index contributed by atoms with van der Waals surface area (Å²) in [6, 6.07) is 9.27. The van der Waals surface area contributed by atoms with Crippen LogP contribution in [-0.2, 0) is 41.6 Å².